The van der Waals surface area contributed by atoms with Crippen LogP contribution in [-0.2, 0) is 9.59 Å². The number of ketones is 1. The lowest BCUT2D eigenvalue weighted by molar-refractivity contribution is -0.143. The van der Waals surface area contributed by atoms with Crippen LogP contribution in [0.1, 0.15) is 6.42 Å². The second-order valence-corrected chi connectivity index (χ2v) is 3.29. The van der Waals surface area contributed by atoms with Crippen LogP contribution in [-0.4, -0.2) is 45.5 Å². The van der Waals surface area contributed by atoms with Crippen LogP contribution in [0.5, 0.6) is 0 Å². The van der Waals surface area contributed by atoms with Gasteiger partial charge in [-0.05, 0) is 6.42 Å². The van der Waals surface area contributed by atoms with E-state index in [0.29, 0.717) is 4.90 Å². The monoisotopic (exact) mass is 213 g/mol. The summed E-state index contributed by atoms with van der Waals surface area (Å²) in [5, 5.41) is 17.6. The van der Waals surface area contributed by atoms with E-state index in [0.717, 1.165) is 0 Å². The number of carboxylic acid groups (broad SMARTS) is 2. The van der Waals surface area contributed by atoms with Crippen LogP contribution >= 0.6 is 0 Å². The molecule has 0 spiro atoms. The number of carboxylic acids is 1. The lowest BCUT2D eigenvalue weighted by atomic mass is 9.96. The molecule has 0 aliphatic carbocycles. The number of amides is 1. The molecule has 2 atom stereocenters. The fourth-order valence-electron chi connectivity index (χ4n) is 1.71. The zero-order valence-corrected chi connectivity index (χ0v) is 7.92. The molecule has 6 nitrogen and oxygen atoms in total. The molecule has 0 aromatic heterocycles. The van der Waals surface area contributed by atoms with Gasteiger partial charge in [0.25, 0.3) is 0 Å². The normalized spacial score (nSPS) is 25.3. The molecule has 0 bridgehead atoms. The maximum atomic E-state index is 11.4. The predicted molar refractivity (Wildman–Crippen MR) is 49.5 cm³/mol. The van der Waals surface area contributed by atoms with Gasteiger partial charge >= 0.3 is 12.1 Å². The van der Waals surface area contributed by atoms with E-state index in [9.17, 15) is 14.4 Å². The van der Waals surface area contributed by atoms with E-state index in [2.05, 4.69) is 6.58 Å². The third kappa shape index (κ3) is 1.98. The average molecular weight is 213 g/mol. The lowest BCUT2D eigenvalue weighted by Crippen LogP contribution is -2.42. The Balaban J connectivity index is 2.97. The molecule has 1 heterocycles. The number of likely N-dealkylation sites (tertiary alicyclic amines) is 1. The van der Waals surface area contributed by atoms with Gasteiger partial charge in [-0.3, -0.25) is 9.69 Å². The zero-order chi connectivity index (χ0) is 11.6. The summed E-state index contributed by atoms with van der Waals surface area (Å²) in [6.45, 7) is 3.05. The molecule has 15 heavy (non-hydrogen) atoms. The van der Waals surface area contributed by atoms with Crippen LogP contribution in [0.15, 0.2) is 12.7 Å². The third-order valence-electron chi connectivity index (χ3n) is 2.38. The predicted octanol–water partition coefficient (Wildman–Crippen LogP) is 0.195. The molecule has 2 N–H and O–H groups in total. The molecule has 1 rings (SSSR count). The second-order valence-electron chi connectivity index (χ2n) is 3.29. The highest BCUT2D eigenvalue weighted by molar-refractivity contribution is 5.96. The van der Waals surface area contributed by atoms with Crippen molar-refractivity contribution in [3.8, 4) is 0 Å². The van der Waals surface area contributed by atoms with E-state index < -0.39 is 24.0 Å². The summed E-state index contributed by atoms with van der Waals surface area (Å²) in [7, 11) is 0. The number of allylic oxidation sites excluding steroid dienone is 1. The number of hydrogen-bond acceptors (Lipinski definition) is 3. The first-order chi connectivity index (χ1) is 6.99. The first-order valence-electron chi connectivity index (χ1n) is 4.35. The van der Waals surface area contributed by atoms with Crippen molar-refractivity contribution in [2.75, 3.05) is 6.54 Å². The first kappa shape index (κ1) is 11.2. The first-order valence-corrected chi connectivity index (χ1v) is 4.35. The van der Waals surface area contributed by atoms with Gasteiger partial charge in [0.05, 0.1) is 12.5 Å². The van der Waals surface area contributed by atoms with Crippen molar-refractivity contribution < 1.29 is 24.6 Å². The van der Waals surface area contributed by atoms with E-state index in [1.165, 1.54) is 6.08 Å². The summed E-state index contributed by atoms with van der Waals surface area (Å²) in [6, 6.07) is -1.28. The van der Waals surface area contributed by atoms with Crippen LogP contribution < -0.4 is 0 Å². The highest BCUT2D eigenvalue weighted by Gasteiger charge is 2.46. The summed E-state index contributed by atoms with van der Waals surface area (Å²) in [5.41, 5.74) is 0. The van der Waals surface area contributed by atoms with Gasteiger partial charge in [-0.15, -0.1) is 6.58 Å². The Hall–Kier alpha value is -1.85. The number of aliphatic carboxylic acids is 1. The Morgan fingerprint density at radius 3 is 2.53 bits per heavy atom. The van der Waals surface area contributed by atoms with Crippen molar-refractivity contribution in [3.63, 3.8) is 0 Å². The van der Waals surface area contributed by atoms with Crippen LogP contribution in [0.2, 0.25) is 0 Å². The summed E-state index contributed by atoms with van der Waals surface area (Å²) < 4.78 is 0. The van der Waals surface area contributed by atoms with E-state index in [1.54, 1.807) is 0 Å². The molecule has 1 saturated heterocycles. The number of carbonyl (C=O) groups is 3. The molecule has 6 heteroatoms. The molecule has 1 aliphatic rings. The minimum atomic E-state index is -1.39. The molecular formula is C9H11NO5. The van der Waals surface area contributed by atoms with Crippen LogP contribution in [0.4, 0.5) is 4.79 Å². The zero-order valence-electron chi connectivity index (χ0n) is 7.92. The number of hydrogen-bond donors (Lipinski definition) is 2. The molecular weight excluding hydrogens is 202 g/mol. The number of Topliss-reactive ketones (excluding diaryl/α,β-unsaturated/α-hetero) is 1. The van der Waals surface area contributed by atoms with Gasteiger partial charge in [-0.25, -0.2) is 9.59 Å². The van der Waals surface area contributed by atoms with Gasteiger partial charge < -0.3 is 10.2 Å². The maximum absolute atomic E-state index is 11.4. The van der Waals surface area contributed by atoms with E-state index in [4.69, 9.17) is 10.2 Å². The van der Waals surface area contributed by atoms with Crippen molar-refractivity contribution in [1.82, 2.24) is 4.90 Å². The molecule has 1 fully saturated rings. The van der Waals surface area contributed by atoms with E-state index >= 15 is 0 Å². The highest BCUT2D eigenvalue weighted by Crippen LogP contribution is 2.25. The molecule has 0 radical (unpaired) electrons. The van der Waals surface area contributed by atoms with Gasteiger partial charge in [-0.2, -0.15) is 0 Å². The van der Waals surface area contributed by atoms with Crippen LogP contribution in [0.3, 0.4) is 0 Å². The quantitative estimate of drug-likeness (QED) is 0.653. The molecule has 0 unspecified atom stereocenters. The van der Waals surface area contributed by atoms with E-state index in [-0.39, 0.29) is 18.7 Å². The standard InChI is InChI=1S/C9H11NO5/c1-2-3-5-6(11)4-10(9(14)15)7(5)8(12)13/h2,5,7H,1,3-4H2,(H,12,13)(H,14,15)/t5-,7+/m1/s1. The number of rotatable bonds is 3. The number of nitrogens with zero attached hydrogens (tertiary/aromatic N) is 1. The fraction of sp³-hybridized carbons (Fsp3) is 0.444. The van der Waals surface area contributed by atoms with Crippen molar-refractivity contribution >= 4 is 17.8 Å². The third-order valence-corrected chi connectivity index (χ3v) is 2.38. The lowest BCUT2D eigenvalue weighted by Gasteiger charge is -2.19. The van der Waals surface area contributed by atoms with Crippen molar-refractivity contribution in [2.24, 2.45) is 5.92 Å². The largest absolute Gasteiger partial charge is 0.480 e. The SMILES string of the molecule is C=CC[C@@H]1C(=O)CN(C(=O)O)[C@@H]1C(=O)O. The minimum Gasteiger partial charge on any atom is -0.480 e. The molecule has 1 aliphatic heterocycles. The molecule has 82 valence electrons. The molecule has 1 amide bonds. The van der Waals surface area contributed by atoms with Crippen LogP contribution in [0, 0.1) is 5.92 Å². The fourth-order valence-corrected chi connectivity index (χ4v) is 1.71. The highest BCUT2D eigenvalue weighted by atomic mass is 16.4. The van der Waals surface area contributed by atoms with Gasteiger partial charge in [0.1, 0.15) is 6.04 Å². The van der Waals surface area contributed by atoms with Crippen molar-refractivity contribution in [3.05, 3.63) is 12.7 Å². The van der Waals surface area contributed by atoms with Crippen molar-refractivity contribution in [2.45, 2.75) is 12.5 Å². The number of carbonyl (C=O) groups excluding carboxylic acids is 1. The molecule has 0 aromatic carbocycles. The van der Waals surface area contributed by atoms with Gasteiger partial charge in [0.2, 0.25) is 0 Å². The summed E-state index contributed by atoms with van der Waals surface area (Å²) in [6.07, 6.45) is 0.214. The smallest absolute Gasteiger partial charge is 0.408 e. The second kappa shape index (κ2) is 4.12. The van der Waals surface area contributed by atoms with Gasteiger partial charge in [0, 0.05) is 0 Å². The summed E-state index contributed by atoms with van der Waals surface area (Å²) in [5.74, 6) is -2.48. The minimum absolute atomic E-state index is 0.180. The van der Waals surface area contributed by atoms with Crippen LogP contribution in [0.25, 0.3) is 0 Å². The van der Waals surface area contributed by atoms with Crippen molar-refractivity contribution in [1.29, 1.82) is 0 Å². The van der Waals surface area contributed by atoms with Gasteiger partial charge in [0.15, 0.2) is 5.78 Å². The molecule has 0 aromatic rings. The topological polar surface area (TPSA) is 94.9 Å². The maximum Gasteiger partial charge on any atom is 0.408 e. The Morgan fingerprint density at radius 2 is 2.13 bits per heavy atom. The Kier molecular flexibility index (Phi) is 3.08. The van der Waals surface area contributed by atoms with E-state index in [1.807, 2.05) is 0 Å². The molecule has 0 saturated carbocycles. The average Bonchev–Trinajstić information content (AvgIpc) is 2.45. The van der Waals surface area contributed by atoms with Gasteiger partial charge in [-0.1, -0.05) is 6.08 Å². The summed E-state index contributed by atoms with van der Waals surface area (Å²) in [4.78, 5) is 33.6. The summed E-state index contributed by atoms with van der Waals surface area (Å²) >= 11 is 0. The Morgan fingerprint density at radius 1 is 1.53 bits per heavy atom. The Bertz CT molecular complexity index is 324. The Labute approximate surface area is 85.8 Å².